The number of carbonyl (C=O) groups is 3. The third-order valence-corrected chi connectivity index (χ3v) is 7.04. The van der Waals surface area contributed by atoms with Crippen molar-refractivity contribution in [3.8, 4) is 0 Å². The number of hydrogen-bond donors (Lipinski definition) is 1. The number of rotatable bonds is 6. The van der Waals surface area contributed by atoms with E-state index in [9.17, 15) is 14.4 Å². The zero-order valence-corrected chi connectivity index (χ0v) is 20.9. The van der Waals surface area contributed by atoms with Gasteiger partial charge >= 0.3 is 0 Å². The Kier molecular flexibility index (Phi) is 7.86. The van der Waals surface area contributed by atoms with Crippen LogP contribution in [0, 0.1) is 0 Å². The number of likely N-dealkylation sites (tertiary alicyclic amines) is 2. The summed E-state index contributed by atoms with van der Waals surface area (Å²) in [5, 5.41) is 3.00. The first kappa shape index (κ1) is 24.9. The number of carbonyl (C=O) groups excluding carboxylic acids is 3. The highest BCUT2D eigenvalue weighted by Gasteiger charge is 2.48. The van der Waals surface area contributed by atoms with E-state index in [0.717, 1.165) is 25.2 Å². The summed E-state index contributed by atoms with van der Waals surface area (Å²) in [6, 6.07) is 16.0. The molecule has 0 aliphatic carbocycles. The van der Waals surface area contributed by atoms with E-state index in [1.165, 1.54) is 36.6 Å². The van der Waals surface area contributed by atoms with E-state index in [0.29, 0.717) is 12.0 Å². The lowest BCUT2D eigenvalue weighted by Crippen LogP contribution is -2.46. The molecule has 186 valence electrons. The van der Waals surface area contributed by atoms with Crippen molar-refractivity contribution >= 4 is 17.7 Å². The van der Waals surface area contributed by atoms with Crippen molar-refractivity contribution in [1.29, 1.82) is 0 Å². The van der Waals surface area contributed by atoms with E-state index in [4.69, 9.17) is 0 Å². The first-order valence-electron chi connectivity index (χ1n) is 12.5. The van der Waals surface area contributed by atoms with E-state index < -0.39 is 12.1 Å². The predicted molar refractivity (Wildman–Crippen MR) is 136 cm³/mol. The van der Waals surface area contributed by atoms with Crippen molar-refractivity contribution < 1.29 is 14.4 Å². The Hall–Kier alpha value is -3.19. The molecule has 35 heavy (non-hydrogen) atoms. The molecule has 0 spiro atoms. The Labute approximate surface area is 208 Å². The van der Waals surface area contributed by atoms with E-state index in [1.54, 1.807) is 19.0 Å². The van der Waals surface area contributed by atoms with E-state index in [2.05, 4.69) is 10.2 Å². The molecule has 4 rings (SSSR count). The minimum atomic E-state index is -0.660. The van der Waals surface area contributed by atoms with Gasteiger partial charge in [-0.2, -0.15) is 0 Å². The first-order chi connectivity index (χ1) is 16.8. The van der Waals surface area contributed by atoms with Crippen LogP contribution in [0.25, 0.3) is 0 Å². The summed E-state index contributed by atoms with van der Waals surface area (Å²) in [5.74, 6) is -0.520. The molecule has 2 fully saturated rings. The SMILES string of the molecule is CC(=O)N[C@H]1C[C@@H](C(=O)N(C)C)N(C(=O)c2ccc(CN3CCCCC3)cc2)[C@H]1c1ccccc1. The second kappa shape index (κ2) is 11.0. The Bertz CT molecular complexity index is 1030. The number of benzene rings is 2. The van der Waals surface area contributed by atoms with Crippen molar-refractivity contribution in [2.75, 3.05) is 27.2 Å². The Morgan fingerprint density at radius 2 is 1.60 bits per heavy atom. The molecule has 7 nitrogen and oxygen atoms in total. The average Bonchev–Trinajstić information content (AvgIpc) is 3.23. The molecule has 2 aliphatic rings. The van der Waals surface area contributed by atoms with Crippen LogP contribution in [-0.2, 0) is 16.1 Å². The molecular formula is C28H36N4O3. The fourth-order valence-electron chi connectivity index (χ4n) is 5.38. The Morgan fingerprint density at radius 1 is 0.943 bits per heavy atom. The normalized spacial score (nSPS) is 22.6. The standard InChI is InChI=1S/C28H36N4O3/c1-20(33)29-24-18-25(28(35)30(2)3)32(26(24)22-10-6-4-7-11-22)27(34)23-14-12-21(13-15-23)19-31-16-8-5-9-17-31/h4,6-7,10-15,24-26H,5,8-9,16-19H2,1-3H3,(H,29,33)/t24-,25-,26-/m0/s1. The topological polar surface area (TPSA) is 73.0 Å². The highest BCUT2D eigenvalue weighted by atomic mass is 16.2. The molecule has 3 amide bonds. The van der Waals surface area contributed by atoms with Crippen LogP contribution in [0.2, 0.25) is 0 Å². The number of amides is 3. The monoisotopic (exact) mass is 476 g/mol. The van der Waals surface area contributed by atoms with Crippen LogP contribution in [0.5, 0.6) is 0 Å². The summed E-state index contributed by atoms with van der Waals surface area (Å²) in [6.45, 7) is 4.59. The summed E-state index contributed by atoms with van der Waals surface area (Å²) >= 11 is 0. The minimum Gasteiger partial charge on any atom is -0.351 e. The molecule has 0 radical (unpaired) electrons. The molecule has 7 heteroatoms. The zero-order valence-electron chi connectivity index (χ0n) is 20.9. The van der Waals surface area contributed by atoms with Crippen molar-refractivity contribution in [3.05, 3.63) is 71.3 Å². The number of hydrogen-bond acceptors (Lipinski definition) is 4. The highest BCUT2D eigenvalue weighted by Crippen LogP contribution is 2.38. The molecule has 2 saturated heterocycles. The third kappa shape index (κ3) is 5.73. The number of likely N-dealkylation sites (N-methyl/N-ethyl adjacent to an activating group) is 1. The van der Waals surface area contributed by atoms with E-state index in [-0.39, 0.29) is 23.8 Å². The largest absolute Gasteiger partial charge is 0.351 e. The van der Waals surface area contributed by atoms with Gasteiger partial charge in [-0.05, 0) is 55.6 Å². The fourth-order valence-corrected chi connectivity index (χ4v) is 5.38. The molecule has 3 atom stereocenters. The molecule has 0 unspecified atom stereocenters. The molecule has 1 N–H and O–H groups in total. The van der Waals surface area contributed by atoms with Crippen LogP contribution in [-0.4, -0.2) is 71.7 Å². The van der Waals surface area contributed by atoms with E-state index in [1.807, 2.05) is 54.6 Å². The summed E-state index contributed by atoms with van der Waals surface area (Å²) in [4.78, 5) is 44.8. The molecule has 0 aromatic heterocycles. The second-order valence-electron chi connectivity index (χ2n) is 9.89. The second-order valence-corrected chi connectivity index (χ2v) is 9.89. The average molecular weight is 477 g/mol. The highest BCUT2D eigenvalue weighted by molar-refractivity contribution is 5.98. The van der Waals surface area contributed by atoms with Gasteiger partial charge in [0, 0.05) is 33.1 Å². The zero-order chi connectivity index (χ0) is 24.9. The fraction of sp³-hybridized carbons (Fsp3) is 0.464. The van der Waals surface area contributed by atoms with Crippen molar-refractivity contribution in [1.82, 2.24) is 20.0 Å². The van der Waals surface area contributed by atoms with Gasteiger partial charge in [0.15, 0.2) is 0 Å². The number of nitrogens with one attached hydrogen (secondary N) is 1. The lowest BCUT2D eigenvalue weighted by molar-refractivity contribution is -0.133. The van der Waals surface area contributed by atoms with Crippen LogP contribution in [0.4, 0.5) is 0 Å². The van der Waals surface area contributed by atoms with Crippen molar-refractivity contribution in [2.45, 2.75) is 57.3 Å². The van der Waals surface area contributed by atoms with Crippen molar-refractivity contribution in [2.24, 2.45) is 0 Å². The van der Waals surface area contributed by atoms with Crippen molar-refractivity contribution in [3.63, 3.8) is 0 Å². The maximum absolute atomic E-state index is 13.9. The lowest BCUT2D eigenvalue weighted by atomic mass is 9.99. The Morgan fingerprint density at radius 3 is 2.20 bits per heavy atom. The van der Waals surface area contributed by atoms with Crippen LogP contribution in [0.1, 0.15) is 60.1 Å². The van der Waals surface area contributed by atoms with Gasteiger partial charge in [0.2, 0.25) is 11.8 Å². The van der Waals surface area contributed by atoms with Gasteiger partial charge in [-0.25, -0.2) is 0 Å². The smallest absolute Gasteiger partial charge is 0.255 e. The quantitative estimate of drug-likeness (QED) is 0.695. The van der Waals surface area contributed by atoms with Gasteiger partial charge in [-0.3, -0.25) is 19.3 Å². The van der Waals surface area contributed by atoms with Crippen LogP contribution in [0.15, 0.2) is 54.6 Å². The van der Waals surface area contributed by atoms with Crippen LogP contribution < -0.4 is 5.32 Å². The number of piperidine rings is 1. The molecular weight excluding hydrogens is 440 g/mol. The number of nitrogens with zero attached hydrogens (tertiary/aromatic N) is 3. The van der Waals surface area contributed by atoms with Gasteiger partial charge in [-0.15, -0.1) is 0 Å². The van der Waals surface area contributed by atoms with Crippen LogP contribution >= 0.6 is 0 Å². The summed E-state index contributed by atoms with van der Waals surface area (Å²) in [6.07, 6.45) is 4.15. The van der Waals surface area contributed by atoms with Gasteiger partial charge in [0.05, 0.1) is 12.1 Å². The maximum atomic E-state index is 13.9. The minimum absolute atomic E-state index is 0.145. The van der Waals surface area contributed by atoms with Gasteiger partial charge < -0.3 is 15.1 Å². The third-order valence-electron chi connectivity index (χ3n) is 7.04. The molecule has 0 bridgehead atoms. The molecule has 2 aromatic carbocycles. The molecule has 2 aliphatic heterocycles. The van der Waals surface area contributed by atoms with Crippen LogP contribution in [0.3, 0.4) is 0 Å². The summed E-state index contributed by atoms with van der Waals surface area (Å²) < 4.78 is 0. The van der Waals surface area contributed by atoms with E-state index >= 15 is 0 Å². The first-order valence-corrected chi connectivity index (χ1v) is 12.5. The van der Waals surface area contributed by atoms with Gasteiger partial charge in [-0.1, -0.05) is 48.9 Å². The summed E-state index contributed by atoms with van der Waals surface area (Å²) in [7, 11) is 3.40. The molecule has 0 saturated carbocycles. The summed E-state index contributed by atoms with van der Waals surface area (Å²) in [5.41, 5.74) is 2.63. The van der Waals surface area contributed by atoms with Gasteiger partial charge in [0.25, 0.3) is 5.91 Å². The molecule has 2 heterocycles. The van der Waals surface area contributed by atoms with Gasteiger partial charge in [0.1, 0.15) is 6.04 Å². The predicted octanol–water partition coefficient (Wildman–Crippen LogP) is 3.22. The molecule has 2 aromatic rings. The Balaban J connectivity index is 1.64. The lowest BCUT2D eigenvalue weighted by Gasteiger charge is -2.32. The maximum Gasteiger partial charge on any atom is 0.255 e.